The van der Waals surface area contributed by atoms with Crippen molar-refractivity contribution in [3.63, 3.8) is 0 Å². The van der Waals surface area contributed by atoms with Gasteiger partial charge in [-0.1, -0.05) is 53.0 Å². The first kappa shape index (κ1) is 23.1. The van der Waals surface area contributed by atoms with Crippen LogP contribution < -0.4 is 0 Å². The van der Waals surface area contributed by atoms with Gasteiger partial charge in [-0.15, -0.1) is 11.8 Å². The van der Waals surface area contributed by atoms with Gasteiger partial charge in [-0.25, -0.2) is 0 Å². The third-order valence-electron chi connectivity index (χ3n) is 5.08. The molecule has 164 valence electrons. The van der Waals surface area contributed by atoms with E-state index in [0.29, 0.717) is 40.3 Å². The van der Waals surface area contributed by atoms with E-state index in [1.165, 1.54) is 0 Å². The standard InChI is InChI=1S/C24H20Cl3N3OS/c25-18-4-1-3-17(11-18)14-30(13-16-7-9-28-10-8-16)24(31)22-15-32-23(29-22)12-19-20(26)5-2-6-21(19)27/h1-11,22H,12-15H2. The molecule has 1 aliphatic heterocycles. The molecule has 1 amide bonds. The van der Waals surface area contributed by atoms with Crippen LogP contribution in [0.5, 0.6) is 0 Å². The topological polar surface area (TPSA) is 45.6 Å². The summed E-state index contributed by atoms with van der Waals surface area (Å²) in [5.41, 5.74) is 2.81. The number of carbonyl (C=O) groups is 1. The van der Waals surface area contributed by atoms with Gasteiger partial charge in [0.2, 0.25) is 5.91 Å². The molecule has 8 heteroatoms. The summed E-state index contributed by atoms with van der Waals surface area (Å²) in [6, 6.07) is 16.4. The third-order valence-corrected chi connectivity index (χ3v) is 7.09. The van der Waals surface area contributed by atoms with Crippen molar-refractivity contribution in [3.05, 3.63) is 98.7 Å². The molecule has 1 aromatic heterocycles. The Balaban J connectivity index is 1.53. The summed E-state index contributed by atoms with van der Waals surface area (Å²) < 4.78 is 0. The molecule has 2 aromatic carbocycles. The predicted molar refractivity (Wildman–Crippen MR) is 134 cm³/mol. The van der Waals surface area contributed by atoms with Gasteiger partial charge in [-0.2, -0.15) is 0 Å². The maximum absolute atomic E-state index is 13.5. The van der Waals surface area contributed by atoms with Crippen LogP contribution >= 0.6 is 46.6 Å². The van der Waals surface area contributed by atoms with Crippen molar-refractivity contribution in [2.24, 2.45) is 4.99 Å². The summed E-state index contributed by atoms with van der Waals surface area (Å²) in [4.78, 5) is 24.1. The van der Waals surface area contributed by atoms with E-state index < -0.39 is 6.04 Å². The van der Waals surface area contributed by atoms with Crippen LogP contribution in [0, 0.1) is 0 Å². The van der Waals surface area contributed by atoms with Gasteiger partial charge in [0.25, 0.3) is 0 Å². The predicted octanol–water partition coefficient (Wildman–Crippen LogP) is 6.33. The number of benzene rings is 2. The first-order chi connectivity index (χ1) is 15.5. The Morgan fingerprint density at radius 2 is 1.66 bits per heavy atom. The van der Waals surface area contributed by atoms with Gasteiger partial charge in [0, 0.05) is 52.7 Å². The minimum Gasteiger partial charge on any atom is -0.332 e. The van der Waals surface area contributed by atoms with Gasteiger partial charge in [0.1, 0.15) is 6.04 Å². The molecule has 3 aromatic rings. The Bertz CT molecular complexity index is 1120. The normalized spacial score (nSPS) is 15.5. The molecule has 1 unspecified atom stereocenters. The van der Waals surface area contributed by atoms with Crippen LogP contribution in [0.1, 0.15) is 16.7 Å². The Labute approximate surface area is 206 Å². The first-order valence-corrected chi connectivity index (χ1v) is 12.2. The molecule has 0 N–H and O–H groups in total. The molecule has 0 radical (unpaired) electrons. The second-order valence-electron chi connectivity index (χ2n) is 7.41. The lowest BCUT2D eigenvalue weighted by Crippen LogP contribution is -2.37. The van der Waals surface area contributed by atoms with E-state index in [4.69, 9.17) is 39.8 Å². The number of amides is 1. The van der Waals surface area contributed by atoms with Gasteiger partial charge in [0.15, 0.2) is 0 Å². The second-order valence-corrected chi connectivity index (χ2v) is 9.75. The van der Waals surface area contributed by atoms with Crippen molar-refractivity contribution in [2.75, 3.05) is 5.75 Å². The highest BCUT2D eigenvalue weighted by molar-refractivity contribution is 8.14. The van der Waals surface area contributed by atoms with E-state index >= 15 is 0 Å². The summed E-state index contributed by atoms with van der Waals surface area (Å²) in [7, 11) is 0. The summed E-state index contributed by atoms with van der Waals surface area (Å²) in [5.74, 6) is 0.577. The highest BCUT2D eigenvalue weighted by Crippen LogP contribution is 2.30. The lowest BCUT2D eigenvalue weighted by atomic mass is 10.1. The summed E-state index contributed by atoms with van der Waals surface area (Å²) in [6.07, 6.45) is 3.98. The smallest absolute Gasteiger partial charge is 0.248 e. The fourth-order valence-electron chi connectivity index (χ4n) is 3.49. The third kappa shape index (κ3) is 5.84. The van der Waals surface area contributed by atoms with Crippen LogP contribution in [0.4, 0.5) is 0 Å². The lowest BCUT2D eigenvalue weighted by molar-refractivity contribution is -0.133. The van der Waals surface area contributed by atoms with Crippen LogP contribution in [-0.4, -0.2) is 32.6 Å². The molecule has 0 spiro atoms. The van der Waals surface area contributed by atoms with Gasteiger partial charge in [-0.3, -0.25) is 14.8 Å². The largest absolute Gasteiger partial charge is 0.332 e. The average Bonchev–Trinajstić information content (AvgIpc) is 3.25. The maximum atomic E-state index is 13.5. The molecular formula is C24H20Cl3N3OS. The van der Waals surface area contributed by atoms with E-state index in [2.05, 4.69) is 4.98 Å². The first-order valence-electron chi connectivity index (χ1n) is 10.0. The second kappa shape index (κ2) is 10.7. The molecule has 2 heterocycles. The highest BCUT2D eigenvalue weighted by atomic mass is 35.5. The Morgan fingerprint density at radius 3 is 2.38 bits per heavy atom. The number of thioether (sulfide) groups is 1. The molecule has 4 rings (SSSR count). The van der Waals surface area contributed by atoms with E-state index in [-0.39, 0.29) is 5.91 Å². The zero-order valence-corrected chi connectivity index (χ0v) is 20.1. The zero-order chi connectivity index (χ0) is 22.5. The van der Waals surface area contributed by atoms with Crippen LogP contribution in [0.3, 0.4) is 0 Å². The average molecular weight is 505 g/mol. The van der Waals surface area contributed by atoms with Crippen molar-refractivity contribution < 1.29 is 4.79 Å². The molecule has 0 fully saturated rings. The summed E-state index contributed by atoms with van der Waals surface area (Å²) in [5, 5.41) is 2.73. The fraction of sp³-hybridized carbons (Fsp3) is 0.208. The minimum atomic E-state index is -0.447. The van der Waals surface area contributed by atoms with E-state index in [0.717, 1.165) is 21.7 Å². The molecule has 1 atom stereocenters. The molecule has 0 saturated carbocycles. The SMILES string of the molecule is O=C(C1CSC(Cc2c(Cl)cccc2Cl)=N1)N(Cc1ccncc1)Cc1cccc(Cl)c1. The van der Waals surface area contributed by atoms with Gasteiger partial charge < -0.3 is 4.90 Å². The van der Waals surface area contributed by atoms with E-state index in [9.17, 15) is 4.79 Å². The van der Waals surface area contributed by atoms with Crippen LogP contribution in [0.15, 0.2) is 72.0 Å². The van der Waals surface area contributed by atoms with E-state index in [1.54, 1.807) is 24.2 Å². The summed E-state index contributed by atoms with van der Waals surface area (Å²) >= 11 is 20.4. The van der Waals surface area contributed by atoms with Crippen LogP contribution in [0.2, 0.25) is 15.1 Å². The Kier molecular flexibility index (Phi) is 7.74. The summed E-state index contributed by atoms with van der Waals surface area (Å²) in [6.45, 7) is 0.917. The van der Waals surface area contributed by atoms with Crippen molar-refractivity contribution in [2.45, 2.75) is 25.6 Å². The van der Waals surface area contributed by atoms with Crippen molar-refractivity contribution in [1.29, 1.82) is 0 Å². The minimum absolute atomic E-state index is 0.0189. The fourth-order valence-corrected chi connectivity index (χ4v) is 5.25. The number of aromatic nitrogens is 1. The Morgan fingerprint density at radius 1 is 0.969 bits per heavy atom. The number of aliphatic imine (C=N–C) groups is 1. The van der Waals surface area contributed by atoms with E-state index in [1.807, 2.05) is 59.5 Å². The van der Waals surface area contributed by atoms with Crippen LogP contribution in [-0.2, 0) is 24.3 Å². The van der Waals surface area contributed by atoms with Gasteiger partial charge >= 0.3 is 0 Å². The molecule has 0 saturated heterocycles. The Hall–Kier alpha value is -2.05. The quantitative estimate of drug-likeness (QED) is 0.378. The van der Waals surface area contributed by atoms with Crippen molar-refractivity contribution in [1.82, 2.24) is 9.88 Å². The molecule has 1 aliphatic rings. The van der Waals surface area contributed by atoms with Crippen LogP contribution in [0.25, 0.3) is 0 Å². The molecule has 0 aliphatic carbocycles. The number of nitrogens with zero attached hydrogens (tertiary/aromatic N) is 3. The maximum Gasteiger partial charge on any atom is 0.248 e. The lowest BCUT2D eigenvalue weighted by Gasteiger charge is -2.25. The number of hydrogen-bond acceptors (Lipinski definition) is 4. The van der Waals surface area contributed by atoms with Gasteiger partial charge in [0.05, 0.1) is 5.04 Å². The van der Waals surface area contributed by atoms with Gasteiger partial charge in [-0.05, 0) is 53.1 Å². The monoisotopic (exact) mass is 503 g/mol. The van der Waals surface area contributed by atoms with Crippen molar-refractivity contribution >= 4 is 57.5 Å². The number of carbonyl (C=O) groups excluding carboxylic acids is 1. The molecule has 32 heavy (non-hydrogen) atoms. The number of rotatable bonds is 7. The zero-order valence-electron chi connectivity index (χ0n) is 17.0. The number of pyridine rings is 1. The number of hydrogen-bond donors (Lipinski definition) is 0. The number of halogens is 3. The highest BCUT2D eigenvalue weighted by Gasteiger charge is 2.30. The molecule has 4 nitrogen and oxygen atoms in total. The molecular weight excluding hydrogens is 485 g/mol. The molecule has 0 bridgehead atoms. The van der Waals surface area contributed by atoms with Crippen molar-refractivity contribution in [3.8, 4) is 0 Å².